The van der Waals surface area contributed by atoms with E-state index in [0.29, 0.717) is 18.0 Å². The molecule has 2 aromatic carbocycles. The first-order valence-corrected chi connectivity index (χ1v) is 8.48. The number of fused-ring (bicyclic) bond motifs is 3. The molecule has 0 amide bonds. The van der Waals surface area contributed by atoms with E-state index >= 15 is 0 Å². The first kappa shape index (κ1) is 14.5. The smallest absolute Gasteiger partial charge is 0.140 e. The van der Waals surface area contributed by atoms with Crippen LogP contribution in [0.15, 0.2) is 48.5 Å². The van der Waals surface area contributed by atoms with Crippen molar-refractivity contribution in [3.63, 3.8) is 0 Å². The van der Waals surface area contributed by atoms with Gasteiger partial charge in [0.25, 0.3) is 0 Å². The molecule has 2 aliphatic carbocycles. The lowest BCUT2D eigenvalue weighted by Gasteiger charge is -2.49. The van der Waals surface area contributed by atoms with Crippen LogP contribution in [0.4, 0.5) is 0 Å². The molecule has 1 fully saturated rings. The number of carbonyl (C=O) groups is 1. The Kier molecular flexibility index (Phi) is 3.29. The molecule has 2 aliphatic rings. The molecule has 2 nitrogen and oxygen atoms in total. The predicted molar refractivity (Wildman–Crippen MR) is 90.7 cm³/mol. The van der Waals surface area contributed by atoms with E-state index in [1.54, 1.807) is 6.07 Å². The zero-order valence-electron chi connectivity index (χ0n) is 13.5. The predicted octanol–water partition coefficient (Wildman–Crippen LogP) is 4.58. The van der Waals surface area contributed by atoms with Gasteiger partial charge in [-0.3, -0.25) is 4.79 Å². The second kappa shape index (κ2) is 5.23. The summed E-state index contributed by atoms with van der Waals surface area (Å²) in [6.07, 6.45) is 3.73. The van der Waals surface area contributed by atoms with Crippen LogP contribution in [-0.4, -0.2) is 10.9 Å². The van der Waals surface area contributed by atoms with Gasteiger partial charge >= 0.3 is 0 Å². The molecule has 0 aromatic heterocycles. The number of benzene rings is 2. The molecule has 118 valence electrons. The standard InChI is InChI=1S/C21H22O2/c1-21-11-9-15-13-16(22)7-8-17(15)20(21)19(18(23)10-12-21)14-5-3-2-4-6-14/h2-8,13,19-20,22H,9-12H2,1H3. The van der Waals surface area contributed by atoms with Crippen LogP contribution in [0.3, 0.4) is 0 Å². The van der Waals surface area contributed by atoms with Crippen LogP contribution >= 0.6 is 0 Å². The van der Waals surface area contributed by atoms with Crippen molar-refractivity contribution in [1.82, 2.24) is 0 Å². The molecule has 1 N–H and O–H groups in total. The molecular weight excluding hydrogens is 284 g/mol. The van der Waals surface area contributed by atoms with E-state index in [2.05, 4.69) is 19.1 Å². The molecular formula is C21H22O2. The number of aryl methyl sites for hydroxylation is 1. The number of Topliss-reactive ketones (excluding diaryl/α,β-unsaturated/α-hetero) is 1. The normalized spacial score (nSPS) is 29.7. The van der Waals surface area contributed by atoms with Crippen molar-refractivity contribution >= 4 is 5.78 Å². The summed E-state index contributed by atoms with van der Waals surface area (Å²) < 4.78 is 0. The quantitative estimate of drug-likeness (QED) is 0.837. The minimum atomic E-state index is -0.0569. The number of ketones is 1. The van der Waals surface area contributed by atoms with Crippen LogP contribution in [-0.2, 0) is 11.2 Å². The first-order chi connectivity index (χ1) is 11.1. The molecule has 0 aliphatic heterocycles. The maximum absolute atomic E-state index is 12.8. The number of rotatable bonds is 1. The molecule has 0 bridgehead atoms. The van der Waals surface area contributed by atoms with Gasteiger partial charge in [-0.1, -0.05) is 43.3 Å². The van der Waals surface area contributed by atoms with Crippen molar-refractivity contribution in [2.24, 2.45) is 5.41 Å². The second-order valence-electron chi connectivity index (χ2n) is 7.37. The average molecular weight is 306 g/mol. The molecule has 0 spiro atoms. The van der Waals surface area contributed by atoms with E-state index < -0.39 is 0 Å². The summed E-state index contributed by atoms with van der Waals surface area (Å²) in [6.45, 7) is 2.34. The van der Waals surface area contributed by atoms with Gasteiger partial charge < -0.3 is 5.11 Å². The van der Waals surface area contributed by atoms with Gasteiger partial charge in [0.15, 0.2) is 0 Å². The van der Waals surface area contributed by atoms with Gasteiger partial charge in [0.2, 0.25) is 0 Å². The highest BCUT2D eigenvalue weighted by atomic mass is 16.3. The topological polar surface area (TPSA) is 37.3 Å². The number of hydrogen-bond donors (Lipinski definition) is 1. The minimum absolute atomic E-state index is 0.0569. The SMILES string of the molecule is CC12CCC(=O)C(c3ccccc3)C1c1ccc(O)cc1CC2. The highest BCUT2D eigenvalue weighted by molar-refractivity contribution is 5.88. The van der Waals surface area contributed by atoms with Crippen LogP contribution in [0.25, 0.3) is 0 Å². The Bertz CT molecular complexity index is 750. The van der Waals surface area contributed by atoms with Gasteiger partial charge in [0, 0.05) is 12.3 Å². The Balaban J connectivity index is 1.88. The lowest BCUT2D eigenvalue weighted by molar-refractivity contribution is -0.125. The van der Waals surface area contributed by atoms with Crippen LogP contribution in [0, 0.1) is 5.41 Å². The van der Waals surface area contributed by atoms with Gasteiger partial charge in [-0.2, -0.15) is 0 Å². The lowest BCUT2D eigenvalue weighted by atomic mass is 9.54. The molecule has 23 heavy (non-hydrogen) atoms. The van der Waals surface area contributed by atoms with Crippen LogP contribution in [0.2, 0.25) is 0 Å². The maximum atomic E-state index is 12.8. The van der Waals surface area contributed by atoms with Crippen molar-refractivity contribution in [3.8, 4) is 5.75 Å². The highest BCUT2D eigenvalue weighted by Crippen LogP contribution is 2.58. The number of carbonyl (C=O) groups excluding carboxylic acids is 1. The lowest BCUT2D eigenvalue weighted by Crippen LogP contribution is -2.42. The third-order valence-electron chi connectivity index (χ3n) is 5.96. The summed E-state index contributed by atoms with van der Waals surface area (Å²) in [5.41, 5.74) is 3.77. The fourth-order valence-corrected chi connectivity index (χ4v) is 4.71. The minimum Gasteiger partial charge on any atom is -0.508 e. The monoisotopic (exact) mass is 306 g/mol. The van der Waals surface area contributed by atoms with Crippen molar-refractivity contribution < 1.29 is 9.90 Å². The highest BCUT2D eigenvalue weighted by Gasteiger charge is 2.49. The Morgan fingerprint density at radius 1 is 1.04 bits per heavy atom. The molecule has 2 heteroatoms. The molecule has 4 rings (SSSR count). The fraction of sp³-hybridized carbons (Fsp3) is 0.381. The first-order valence-electron chi connectivity index (χ1n) is 8.48. The molecule has 3 unspecified atom stereocenters. The molecule has 0 saturated heterocycles. The Morgan fingerprint density at radius 2 is 1.78 bits per heavy atom. The molecule has 1 saturated carbocycles. The van der Waals surface area contributed by atoms with E-state index in [4.69, 9.17) is 0 Å². The number of phenolic OH excluding ortho intramolecular Hbond substituents is 1. The van der Waals surface area contributed by atoms with E-state index in [0.717, 1.165) is 24.8 Å². The fourth-order valence-electron chi connectivity index (χ4n) is 4.71. The number of hydrogen-bond acceptors (Lipinski definition) is 2. The summed E-state index contributed by atoms with van der Waals surface area (Å²) in [5.74, 6) is 0.847. The zero-order chi connectivity index (χ0) is 16.0. The van der Waals surface area contributed by atoms with E-state index in [-0.39, 0.29) is 17.3 Å². The van der Waals surface area contributed by atoms with Gasteiger partial charge in [0.1, 0.15) is 11.5 Å². The summed E-state index contributed by atoms with van der Waals surface area (Å²) in [4.78, 5) is 12.8. The van der Waals surface area contributed by atoms with Crippen LogP contribution in [0.1, 0.15) is 54.7 Å². The molecule has 3 atom stereocenters. The summed E-state index contributed by atoms with van der Waals surface area (Å²) >= 11 is 0. The maximum Gasteiger partial charge on any atom is 0.140 e. The summed E-state index contributed by atoms with van der Waals surface area (Å²) in [6, 6.07) is 15.9. The summed E-state index contributed by atoms with van der Waals surface area (Å²) in [5, 5.41) is 9.82. The van der Waals surface area contributed by atoms with Crippen LogP contribution in [0.5, 0.6) is 5.75 Å². The van der Waals surface area contributed by atoms with E-state index in [1.165, 1.54) is 11.1 Å². The third-order valence-corrected chi connectivity index (χ3v) is 5.96. The van der Waals surface area contributed by atoms with E-state index in [9.17, 15) is 9.90 Å². The van der Waals surface area contributed by atoms with Gasteiger partial charge in [-0.15, -0.1) is 0 Å². The van der Waals surface area contributed by atoms with E-state index in [1.807, 2.05) is 30.3 Å². The Labute approximate surface area is 137 Å². The Hall–Kier alpha value is -2.09. The number of aromatic hydroxyl groups is 1. The van der Waals surface area contributed by atoms with Crippen molar-refractivity contribution in [2.45, 2.75) is 44.4 Å². The van der Waals surface area contributed by atoms with Crippen molar-refractivity contribution in [1.29, 1.82) is 0 Å². The average Bonchev–Trinajstić information content (AvgIpc) is 2.56. The van der Waals surface area contributed by atoms with Gasteiger partial charge in [0.05, 0.1) is 5.92 Å². The van der Waals surface area contributed by atoms with Crippen molar-refractivity contribution in [2.75, 3.05) is 0 Å². The molecule has 0 heterocycles. The zero-order valence-corrected chi connectivity index (χ0v) is 13.5. The third kappa shape index (κ3) is 2.28. The number of phenols is 1. The Morgan fingerprint density at radius 3 is 2.57 bits per heavy atom. The second-order valence-corrected chi connectivity index (χ2v) is 7.37. The van der Waals surface area contributed by atoms with Gasteiger partial charge in [-0.25, -0.2) is 0 Å². The summed E-state index contributed by atoms with van der Waals surface area (Å²) in [7, 11) is 0. The molecule has 0 radical (unpaired) electrons. The largest absolute Gasteiger partial charge is 0.508 e. The molecule has 2 aromatic rings. The van der Waals surface area contributed by atoms with Crippen LogP contribution < -0.4 is 0 Å². The van der Waals surface area contributed by atoms with Gasteiger partial charge in [-0.05, 0) is 53.5 Å². The van der Waals surface area contributed by atoms with Crippen molar-refractivity contribution in [3.05, 3.63) is 65.2 Å².